The molecule has 0 aromatic rings. The highest BCUT2D eigenvalue weighted by molar-refractivity contribution is 6.02. The van der Waals surface area contributed by atoms with E-state index in [0.29, 0.717) is 23.7 Å². The molecule has 22 heavy (non-hydrogen) atoms. The van der Waals surface area contributed by atoms with Gasteiger partial charge in [-0.05, 0) is 37.1 Å². The summed E-state index contributed by atoms with van der Waals surface area (Å²) in [5.74, 6) is 1.18. The van der Waals surface area contributed by atoms with Gasteiger partial charge in [0, 0.05) is 6.42 Å². The van der Waals surface area contributed by atoms with Crippen LogP contribution in [0.25, 0.3) is 0 Å². The van der Waals surface area contributed by atoms with E-state index in [4.69, 9.17) is 9.47 Å². The molecule has 1 heterocycles. The first kappa shape index (κ1) is 17.8. The smallest absolute Gasteiger partial charge is 0.170 e. The number of ether oxygens (including phenoxy) is 2. The summed E-state index contributed by atoms with van der Waals surface area (Å²) in [4.78, 5) is 12.6. The van der Waals surface area contributed by atoms with Crippen LogP contribution in [0.3, 0.4) is 0 Å². The minimum Gasteiger partial charge on any atom is -0.497 e. The van der Waals surface area contributed by atoms with Crippen LogP contribution in [-0.4, -0.2) is 19.5 Å². The molecule has 0 spiro atoms. The van der Waals surface area contributed by atoms with Crippen LogP contribution in [0.15, 0.2) is 71.8 Å². The van der Waals surface area contributed by atoms with E-state index in [1.54, 1.807) is 19.3 Å². The predicted molar refractivity (Wildman–Crippen MR) is 90.2 cm³/mol. The van der Waals surface area contributed by atoms with E-state index in [2.05, 4.69) is 6.58 Å². The van der Waals surface area contributed by atoms with Crippen molar-refractivity contribution in [2.24, 2.45) is 0 Å². The molecule has 0 atom stereocenters. The second-order valence-electron chi connectivity index (χ2n) is 4.66. The molecule has 3 heteroatoms. The summed E-state index contributed by atoms with van der Waals surface area (Å²) < 4.78 is 10.9. The van der Waals surface area contributed by atoms with Crippen molar-refractivity contribution in [1.82, 2.24) is 0 Å². The lowest BCUT2D eigenvalue weighted by molar-refractivity contribution is -0.114. The fraction of sp³-hybridized carbons (Fsp3) is 0.316. The van der Waals surface area contributed by atoms with Gasteiger partial charge < -0.3 is 9.47 Å². The summed E-state index contributed by atoms with van der Waals surface area (Å²) >= 11 is 0. The summed E-state index contributed by atoms with van der Waals surface area (Å²) in [7, 11) is 1.59. The Bertz CT molecular complexity index is 557. The summed E-state index contributed by atoms with van der Waals surface area (Å²) in [6, 6.07) is 0. The number of methoxy groups -OCH3 is 1. The Labute approximate surface area is 133 Å². The summed E-state index contributed by atoms with van der Waals surface area (Å²) in [6.45, 7) is 8.07. The molecule has 1 aliphatic heterocycles. The van der Waals surface area contributed by atoms with Crippen LogP contribution < -0.4 is 0 Å². The monoisotopic (exact) mass is 300 g/mol. The fourth-order valence-corrected chi connectivity index (χ4v) is 2.14. The van der Waals surface area contributed by atoms with Crippen LogP contribution in [0.4, 0.5) is 0 Å². The number of ketones is 1. The number of hydrogen-bond donors (Lipinski definition) is 0. The van der Waals surface area contributed by atoms with Crippen molar-refractivity contribution in [3.63, 3.8) is 0 Å². The highest BCUT2D eigenvalue weighted by atomic mass is 16.5. The van der Waals surface area contributed by atoms with Gasteiger partial charge in [-0.15, -0.1) is 0 Å². The van der Waals surface area contributed by atoms with E-state index in [1.165, 1.54) is 0 Å². The Hall–Kier alpha value is -2.29. The molecule has 0 aromatic carbocycles. The minimum absolute atomic E-state index is 0.00121. The van der Waals surface area contributed by atoms with Gasteiger partial charge in [0.25, 0.3) is 0 Å². The number of Topliss-reactive ketones (excluding diaryl/α,β-unsaturated/α-hetero) is 1. The van der Waals surface area contributed by atoms with Crippen molar-refractivity contribution in [3.8, 4) is 0 Å². The molecule has 1 aliphatic rings. The van der Waals surface area contributed by atoms with E-state index in [0.717, 1.165) is 12.0 Å². The molecule has 0 aliphatic carbocycles. The number of allylic oxidation sites excluding steroid dienone is 8. The lowest BCUT2D eigenvalue weighted by Crippen LogP contribution is -2.10. The highest BCUT2D eigenvalue weighted by Gasteiger charge is 2.17. The van der Waals surface area contributed by atoms with Crippen LogP contribution in [0.1, 0.15) is 26.7 Å². The van der Waals surface area contributed by atoms with Gasteiger partial charge in [-0.2, -0.15) is 0 Å². The van der Waals surface area contributed by atoms with Gasteiger partial charge in [-0.1, -0.05) is 37.8 Å². The second kappa shape index (κ2) is 9.61. The largest absolute Gasteiger partial charge is 0.497 e. The van der Waals surface area contributed by atoms with Crippen LogP contribution in [0.5, 0.6) is 0 Å². The van der Waals surface area contributed by atoms with E-state index in [9.17, 15) is 4.79 Å². The number of carbonyl (C=O) groups excluding carboxylic acids is 1. The van der Waals surface area contributed by atoms with Crippen molar-refractivity contribution in [2.45, 2.75) is 26.7 Å². The maximum absolute atomic E-state index is 12.6. The lowest BCUT2D eigenvalue weighted by Gasteiger charge is -2.14. The van der Waals surface area contributed by atoms with Crippen LogP contribution >= 0.6 is 0 Å². The number of carbonyl (C=O) groups is 1. The van der Waals surface area contributed by atoms with Gasteiger partial charge in [-0.3, -0.25) is 4.79 Å². The first-order valence-corrected chi connectivity index (χ1v) is 7.44. The Balaban J connectivity index is 3.34. The molecular formula is C19H24O3. The maximum atomic E-state index is 12.6. The zero-order chi connectivity index (χ0) is 16.4. The molecule has 0 saturated heterocycles. The zero-order valence-corrected chi connectivity index (χ0v) is 13.6. The molecule has 0 radical (unpaired) electrons. The maximum Gasteiger partial charge on any atom is 0.170 e. The van der Waals surface area contributed by atoms with Crippen molar-refractivity contribution in [1.29, 1.82) is 0 Å². The molecule has 0 unspecified atom stereocenters. The third-order valence-electron chi connectivity index (χ3n) is 3.11. The van der Waals surface area contributed by atoms with Crippen LogP contribution in [-0.2, 0) is 14.3 Å². The minimum atomic E-state index is 0.00121. The molecule has 0 N–H and O–H groups in total. The van der Waals surface area contributed by atoms with Crippen LogP contribution in [0, 0.1) is 0 Å². The van der Waals surface area contributed by atoms with Crippen molar-refractivity contribution in [2.75, 3.05) is 13.7 Å². The van der Waals surface area contributed by atoms with Gasteiger partial charge >= 0.3 is 0 Å². The SMILES string of the molecule is C=C\C1=C(C(/C=C\C)=C/CC)\C(=O)C/C=C\C(OC)=C/CO1. The van der Waals surface area contributed by atoms with E-state index < -0.39 is 0 Å². The molecular weight excluding hydrogens is 276 g/mol. The zero-order valence-electron chi connectivity index (χ0n) is 13.6. The topological polar surface area (TPSA) is 35.5 Å². The standard InChI is InChI=1S/C19H24O3/c1-5-9-15(10-6-2)19-17(20)12-8-11-16(21-4)13-14-22-18(19)7-3/h5,7-11,13H,3,6,12,14H2,1-2,4H3/b9-5-,11-8-,15-10+,16-13+,19-18-. The molecule has 1 rings (SSSR count). The quantitative estimate of drug-likeness (QED) is 0.705. The summed E-state index contributed by atoms with van der Waals surface area (Å²) in [6.07, 6.45) is 14.0. The highest BCUT2D eigenvalue weighted by Crippen LogP contribution is 2.23. The van der Waals surface area contributed by atoms with Gasteiger partial charge in [0.2, 0.25) is 0 Å². The molecule has 0 bridgehead atoms. The number of hydrogen-bond acceptors (Lipinski definition) is 3. The molecule has 0 saturated carbocycles. The third kappa shape index (κ3) is 4.92. The lowest BCUT2D eigenvalue weighted by atomic mass is 9.96. The normalized spacial score (nSPS) is 24.4. The van der Waals surface area contributed by atoms with Crippen molar-refractivity contribution < 1.29 is 14.3 Å². The van der Waals surface area contributed by atoms with Gasteiger partial charge in [0.1, 0.15) is 18.1 Å². The molecule has 118 valence electrons. The van der Waals surface area contributed by atoms with Gasteiger partial charge in [-0.25, -0.2) is 0 Å². The molecule has 0 amide bonds. The summed E-state index contributed by atoms with van der Waals surface area (Å²) in [5.41, 5.74) is 1.45. The molecule has 0 fully saturated rings. The summed E-state index contributed by atoms with van der Waals surface area (Å²) in [5, 5.41) is 0. The van der Waals surface area contributed by atoms with Gasteiger partial charge in [0.15, 0.2) is 5.78 Å². The average molecular weight is 300 g/mol. The van der Waals surface area contributed by atoms with Crippen molar-refractivity contribution >= 4 is 5.78 Å². The Kier molecular flexibility index (Phi) is 7.76. The average Bonchev–Trinajstić information content (AvgIpc) is 2.52. The van der Waals surface area contributed by atoms with E-state index >= 15 is 0 Å². The van der Waals surface area contributed by atoms with Crippen molar-refractivity contribution in [3.05, 3.63) is 71.8 Å². The molecule has 0 aromatic heterocycles. The Morgan fingerprint density at radius 2 is 2.27 bits per heavy atom. The van der Waals surface area contributed by atoms with E-state index in [1.807, 2.05) is 44.2 Å². The predicted octanol–water partition coefficient (Wildman–Crippen LogP) is 4.41. The van der Waals surface area contributed by atoms with Gasteiger partial charge in [0.05, 0.1) is 12.7 Å². The Morgan fingerprint density at radius 3 is 2.86 bits per heavy atom. The van der Waals surface area contributed by atoms with E-state index in [-0.39, 0.29) is 12.2 Å². The number of rotatable bonds is 5. The fourth-order valence-electron chi connectivity index (χ4n) is 2.14. The molecule has 3 nitrogen and oxygen atoms in total. The second-order valence-corrected chi connectivity index (χ2v) is 4.66. The van der Waals surface area contributed by atoms with Crippen LogP contribution in [0.2, 0.25) is 0 Å². The first-order valence-electron chi connectivity index (χ1n) is 7.44. The first-order chi connectivity index (χ1) is 10.7. The Morgan fingerprint density at radius 1 is 1.50 bits per heavy atom. The third-order valence-corrected chi connectivity index (χ3v) is 3.11.